The van der Waals surface area contributed by atoms with E-state index in [2.05, 4.69) is 11.2 Å². The first kappa shape index (κ1) is 8.78. The van der Waals surface area contributed by atoms with Gasteiger partial charge in [-0.25, -0.2) is 4.98 Å². The maximum absolute atomic E-state index is 4.20. The second-order valence-electron chi connectivity index (χ2n) is 2.40. The third kappa shape index (κ3) is 1.64. The first-order valence-electron chi connectivity index (χ1n) is 4.25. The van der Waals surface area contributed by atoms with Crippen LogP contribution in [0.3, 0.4) is 0 Å². The van der Waals surface area contributed by atoms with Gasteiger partial charge in [0.1, 0.15) is 5.65 Å². The van der Waals surface area contributed by atoms with Gasteiger partial charge in [-0.15, -0.1) is 0 Å². The summed E-state index contributed by atoms with van der Waals surface area (Å²) in [4.78, 5) is 4.20. The maximum Gasteiger partial charge on any atom is 0.136 e. The highest BCUT2D eigenvalue weighted by Crippen LogP contribution is 2.01. The molecule has 0 spiro atoms. The van der Waals surface area contributed by atoms with Crippen molar-refractivity contribution in [2.24, 2.45) is 0 Å². The van der Waals surface area contributed by atoms with Crippen LogP contribution in [0.15, 0.2) is 30.7 Å². The molecule has 12 heavy (non-hydrogen) atoms. The van der Waals surface area contributed by atoms with Crippen molar-refractivity contribution >= 4 is 5.65 Å². The Hall–Kier alpha value is -1.31. The van der Waals surface area contributed by atoms with Gasteiger partial charge in [-0.2, -0.15) is 0 Å². The summed E-state index contributed by atoms with van der Waals surface area (Å²) in [7, 11) is 0. The molecule has 0 saturated carbocycles. The molecule has 0 aliphatic heterocycles. The standard InChI is InChI=1S/C8H8N2.C2H6/c1-7-5-9-8-3-2-4-10(8)6-7;1-2/h2-6H,1H3;1-2H3. The molecule has 0 N–H and O–H groups in total. The summed E-state index contributed by atoms with van der Waals surface area (Å²) >= 11 is 0. The summed E-state index contributed by atoms with van der Waals surface area (Å²) in [5.74, 6) is 0. The molecule has 0 atom stereocenters. The van der Waals surface area contributed by atoms with Gasteiger partial charge in [0, 0.05) is 18.6 Å². The maximum atomic E-state index is 4.20. The van der Waals surface area contributed by atoms with Gasteiger partial charge in [0.05, 0.1) is 0 Å². The zero-order valence-corrected chi connectivity index (χ0v) is 7.78. The first-order valence-corrected chi connectivity index (χ1v) is 4.25. The number of fused-ring (bicyclic) bond motifs is 1. The third-order valence-corrected chi connectivity index (χ3v) is 1.50. The zero-order chi connectivity index (χ0) is 8.97. The summed E-state index contributed by atoms with van der Waals surface area (Å²) in [6.45, 7) is 6.03. The van der Waals surface area contributed by atoms with E-state index in [1.165, 1.54) is 5.56 Å². The number of hydrogen-bond acceptors (Lipinski definition) is 1. The van der Waals surface area contributed by atoms with Gasteiger partial charge >= 0.3 is 0 Å². The molecule has 0 aliphatic rings. The molecule has 2 aromatic heterocycles. The summed E-state index contributed by atoms with van der Waals surface area (Å²) in [6.07, 6.45) is 5.92. The summed E-state index contributed by atoms with van der Waals surface area (Å²) < 4.78 is 2.01. The van der Waals surface area contributed by atoms with Crippen molar-refractivity contribution in [3.63, 3.8) is 0 Å². The van der Waals surface area contributed by atoms with Crippen LogP contribution in [0.2, 0.25) is 0 Å². The van der Waals surface area contributed by atoms with Crippen LogP contribution in [0.25, 0.3) is 5.65 Å². The average Bonchev–Trinajstić information content (AvgIpc) is 2.54. The molecule has 0 radical (unpaired) electrons. The summed E-state index contributed by atoms with van der Waals surface area (Å²) in [5, 5.41) is 0. The number of rotatable bonds is 0. The van der Waals surface area contributed by atoms with Crippen LogP contribution in [-0.4, -0.2) is 9.38 Å². The molecule has 2 aromatic rings. The van der Waals surface area contributed by atoms with E-state index in [0.29, 0.717) is 0 Å². The lowest BCUT2D eigenvalue weighted by molar-refractivity contribution is 1.10. The van der Waals surface area contributed by atoms with Gasteiger partial charge in [-0.1, -0.05) is 13.8 Å². The fourth-order valence-corrected chi connectivity index (χ4v) is 1.02. The molecule has 2 heteroatoms. The van der Waals surface area contributed by atoms with Crippen molar-refractivity contribution in [2.75, 3.05) is 0 Å². The fourth-order valence-electron chi connectivity index (χ4n) is 1.02. The molecule has 64 valence electrons. The molecule has 0 bridgehead atoms. The molecule has 0 amide bonds. The van der Waals surface area contributed by atoms with Crippen LogP contribution in [0.5, 0.6) is 0 Å². The van der Waals surface area contributed by atoms with E-state index in [-0.39, 0.29) is 0 Å². The van der Waals surface area contributed by atoms with Crippen LogP contribution >= 0.6 is 0 Å². The zero-order valence-electron chi connectivity index (χ0n) is 7.78. The van der Waals surface area contributed by atoms with Crippen LogP contribution in [-0.2, 0) is 0 Å². The van der Waals surface area contributed by atoms with Gasteiger partial charge in [0.25, 0.3) is 0 Å². The Morgan fingerprint density at radius 2 is 2.08 bits per heavy atom. The second kappa shape index (κ2) is 3.90. The van der Waals surface area contributed by atoms with E-state index < -0.39 is 0 Å². The van der Waals surface area contributed by atoms with Gasteiger partial charge in [-0.05, 0) is 24.6 Å². The molecular weight excluding hydrogens is 148 g/mol. The van der Waals surface area contributed by atoms with Crippen LogP contribution < -0.4 is 0 Å². The van der Waals surface area contributed by atoms with Gasteiger partial charge in [0.2, 0.25) is 0 Å². The predicted molar refractivity (Wildman–Crippen MR) is 51.3 cm³/mol. The van der Waals surface area contributed by atoms with Crippen molar-refractivity contribution in [1.29, 1.82) is 0 Å². The van der Waals surface area contributed by atoms with Crippen molar-refractivity contribution in [1.82, 2.24) is 9.38 Å². The summed E-state index contributed by atoms with van der Waals surface area (Å²) in [6, 6.07) is 3.97. The highest BCUT2D eigenvalue weighted by molar-refractivity contribution is 5.38. The molecule has 0 saturated heterocycles. The van der Waals surface area contributed by atoms with E-state index in [1.807, 2.05) is 49.7 Å². The molecule has 0 unspecified atom stereocenters. The van der Waals surface area contributed by atoms with Gasteiger partial charge < -0.3 is 4.40 Å². The molecule has 0 aromatic carbocycles. The fraction of sp³-hybridized carbons (Fsp3) is 0.300. The average molecular weight is 162 g/mol. The van der Waals surface area contributed by atoms with E-state index in [1.54, 1.807) is 0 Å². The topological polar surface area (TPSA) is 17.3 Å². The van der Waals surface area contributed by atoms with E-state index >= 15 is 0 Å². The Morgan fingerprint density at radius 3 is 2.83 bits per heavy atom. The van der Waals surface area contributed by atoms with Gasteiger partial charge in [0.15, 0.2) is 0 Å². The predicted octanol–water partition coefficient (Wildman–Crippen LogP) is 2.67. The number of nitrogens with zero attached hydrogens (tertiary/aromatic N) is 2. The first-order chi connectivity index (χ1) is 5.86. The van der Waals surface area contributed by atoms with Crippen LogP contribution in [0, 0.1) is 6.92 Å². The highest BCUT2D eigenvalue weighted by Gasteiger charge is 1.90. The smallest absolute Gasteiger partial charge is 0.136 e. The quantitative estimate of drug-likeness (QED) is 0.582. The van der Waals surface area contributed by atoms with E-state index in [4.69, 9.17) is 0 Å². The van der Waals surface area contributed by atoms with Crippen LogP contribution in [0.1, 0.15) is 19.4 Å². The number of aromatic nitrogens is 2. The van der Waals surface area contributed by atoms with Gasteiger partial charge in [-0.3, -0.25) is 0 Å². The monoisotopic (exact) mass is 162 g/mol. The van der Waals surface area contributed by atoms with Crippen molar-refractivity contribution < 1.29 is 0 Å². The lowest BCUT2D eigenvalue weighted by atomic mass is 10.4. The summed E-state index contributed by atoms with van der Waals surface area (Å²) in [5.41, 5.74) is 2.19. The second-order valence-corrected chi connectivity index (χ2v) is 2.40. The molecule has 2 heterocycles. The van der Waals surface area contributed by atoms with Crippen molar-refractivity contribution in [3.05, 3.63) is 36.3 Å². The molecule has 0 fully saturated rings. The Labute approximate surface area is 72.9 Å². The Morgan fingerprint density at radius 1 is 1.33 bits per heavy atom. The molecular formula is C10H14N2. The Kier molecular flexibility index (Phi) is 2.86. The molecule has 0 aliphatic carbocycles. The SMILES string of the molecule is CC.Cc1cnc2cccn2c1. The number of aryl methyl sites for hydroxylation is 1. The normalized spacial score (nSPS) is 9.25. The molecule has 2 rings (SSSR count). The Balaban J connectivity index is 0.000000336. The largest absolute Gasteiger partial charge is 0.308 e. The minimum atomic E-state index is 1.01. The number of hydrogen-bond donors (Lipinski definition) is 0. The lowest BCUT2D eigenvalue weighted by Crippen LogP contribution is -1.85. The van der Waals surface area contributed by atoms with E-state index in [0.717, 1.165) is 5.65 Å². The Bertz CT molecular complexity index is 349. The highest BCUT2D eigenvalue weighted by atomic mass is 14.9. The van der Waals surface area contributed by atoms with E-state index in [9.17, 15) is 0 Å². The van der Waals surface area contributed by atoms with Crippen molar-refractivity contribution in [2.45, 2.75) is 20.8 Å². The third-order valence-electron chi connectivity index (χ3n) is 1.50. The minimum absolute atomic E-state index is 1.01. The molecule has 2 nitrogen and oxygen atoms in total. The van der Waals surface area contributed by atoms with Crippen LogP contribution in [0.4, 0.5) is 0 Å². The van der Waals surface area contributed by atoms with Crippen molar-refractivity contribution in [3.8, 4) is 0 Å². The lowest BCUT2D eigenvalue weighted by Gasteiger charge is -1.93. The minimum Gasteiger partial charge on any atom is -0.308 e.